The summed E-state index contributed by atoms with van der Waals surface area (Å²) in [5, 5.41) is 6.71. The van der Waals surface area contributed by atoms with E-state index in [1.54, 1.807) is 12.3 Å². The summed E-state index contributed by atoms with van der Waals surface area (Å²) >= 11 is 1.35. The second-order valence-corrected chi connectivity index (χ2v) is 11.7. The van der Waals surface area contributed by atoms with Crippen LogP contribution < -0.4 is 20.1 Å². The highest BCUT2D eigenvalue weighted by Gasteiger charge is 2.31. The van der Waals surface area contributed by atoms with Crippen molar-refractivity contribution in [1.82, 2.24) is 15.3 Å². The number of hydrogen-bond donors (Lipinski definition) is 3. The molecule has 1 saturated heterocycles. The fraction of sp³-hybridized carbons (Fsp3) is 0.462. The van der Waals surface area contributed by atoms with E-state index in [2.05, 4.69) is 26.9 Å². The van der Waals surface area contributed by atoms with Crippen LogP contribution in [0.2, 0.25) is 0 Å². The molecule has 0 bridgehead atoms. The van der Waals surface area contributed by atoms with E-state index in [1.165, 1.54) is 23.9 Å². The molecule has 1 aliphatic heterocycles. The van der Waals surface area contributed by atoms with E-state index in [4.69, 9.17) is 9.72 Å². The van der Waals surface area contributed by atoms with Gasteiger partial charge in [-0.25, -0.2) is 18.6 Å². The Labute approximate surface area is 232 Å². The van der Waals surface area contributed by atoms with Crippen LogP contribution in [0, 0.1) is 11.7 Å². The van der Waals surface area contributed by atoms with Crippen LogP contribution in [0.1, 0.15) is 45.7 Å². The second kappa shape index (κ2) is 14.1. The number of nitrogens with zero attached hydrogens (tertiary/aromatic N) is 2. The number of anilines is 2. The maximum Gasteiger partial charge on any atom is 0.402 e. The fourth-order valence-electron chi connectivity index (χ4n) is 3.75. The molecule has 7 nitrogen and oxygen atoms in total. The Hall–Kier alpha value is -2.64. The molecule has 2 aromatic rings. The van der Waals surface area contributed by atoms with Gasteiger partial charge in [0.05, 0.1) is 10.6 Å². The number of hydrogen-bond acceptors (Lipinski definition) is 7. The normalized spacial score (nSPS) is 18.1. The number of rotatable bonds is 12. The SMILES string of the molecule is C=C(C)S/C(=C(/Oc1ccc(NS(=O)CC(F)(F)F)cc1F)C(C)CC)c1ccnc(NC2CCCNC2)n1. The molecule has 3 unspecified atom stereocenters. The molecular weight excluding hydrogens is 554 g/mol. The molecular formula is C26H33F4N5O2S2. The molecule has 3 N–H and O–H groups in total. The van der Waals surface area contributed by atoms with Crippen LogP contribution >= 0.6 is 11.8 Å². The van der Waals surface area contributed by atoms with Gasteiger partial charge in [-0.05, 0) is 55.8 Å². The first kappa shape index (κ1) is 30.9. The lowest BCUT2D eigenvalue weighted by molar-refractivity contribution is -0.105. The predicted molar refractivity (Wildman–Crippen MR) is 150 cm³/mol. The number of piperidine rings is 1. The summed E-state index contributed by atoms with van der Waals surface area (Å²) in [4.78, 5) is 10.5. The highest BCUT2D eigenvalue weighted by Crippen LogP contribution is 2.39. The lowest BCUT2D eigenvalue weighted by atomic mass is 10.1. The van der Waals surface area contributed by atoms with Crippen LogP contribution in [0.15, 0.2) is 47.7 Å². The molecule has 0 saturated carbocycles. The van der Waals surface area contributed by atoms with Gasteiger partial charge in [-0.1, -0.05) is 32.2 Å². The summed E-state index contributed by atoms with van der Waals surface area (Å²) in [6, 6.07) is 5.51. The number of halogens is 4. The van der Waals surface area contributed by atoms with Gasteiger partial charge in [0.15, 0.2) is 11.6 Å². The predicted octanol–water partition coefficient (Wildman–Crippen LogP) is 6.48. The first-order valence-corrected chi connectivity index (χ1v) is 14.7. The zero-order chi connectivity index (χ0) is 28.6. The van der Waals surface area contributed by atoms with Crippen molar-refractivity contribution in [2.45, 2.75) is 52.3 Å². The average molecular weight is 588 g/mol. The third-order valence-electron chi connectivity index (χ3n) is 5.76. The smallest absolute Gasteiger partial charge is 0.402 e. The molecule has 214 valence electrons. The van der Waals surface area contributed by atoms with Crippen LogP contribution in [0.5, 0.6) is 5.75 Å². The second-order valence-electron chi connectivity index (χ2n) is 9.21. The van der Waals surface area contributed by atoms with Crippen molar-refractivity contribution in [3.05, 3.63) is 59.2 Å². The van der Waals surface area contributed by atoms with Crippen molar-refractivity contribution < 1.29 is 26.5 Å². The number of nitrogens with one attached hydrogen (secondary N) is 3. The van der Waals surface area contributed by atoms with Gasteiger partial charge in [-0.15, -0.1) is 0 Å². The van der Waals surface area contributed by atoms with Gasteiger partial charge < -0.3 is 20.1 Å². The van der Waals surface area contributed by atoms with Gasteiger partial charge in [0.25, 0.3) is 0 Å². The average Bonchev–Trinajstić information content (AvgIpc) is 2.86. The molecule has 0 amide bonds. The summed E-state index contributed by atoms with van der Waals surface area (Å²) in [6.07, 6.45) is -0.235. The molecule has 13 heteroatoms. The third-order valence-corrected chi connectivity index (χ3v) is 7.77. The molecule has 3 atom stereocenters. The quantitative estimate of drug-likeness (QED) is 0.194. The summed E-state index contributed by atoms with van der Waals surface area (Å²) in [5.41, 5.74) is 0.526. The van der Waals surface area contributed by atoms with Crippen LogP contribution in [0.25, 0.3) is 4.91 Å². The van der Waals surface area contributed by atoms with Crippen LogP contribution in [0.4, 0.5) is 29.2 Å². The van der Waals surface area contributed by atoms with Gasteiger partial charge >= 0.3 is 6.18 Å². The Bertz CT molecular complexity index is 1200. The number of thioether (sulfide) groups is 1. The third kappa shape index (κ3) is 9.80. The Morgan fingerprint density at radius 2 is 2.13 bits per heavy atom. The van der Waals surface area contributed by atoms with Crippen LogP contribution in [-0.2, 0) is 11.0 Å². The van der Waals surface area contributed by atoms with E-state index >= 15 is 4.39 Å². The Balaban J connectivity index is 1.93. The van der Waals surface area contributed by atoms with Crippen molar-refractivity contribution in [2.75, 3.05) is 28.9 Å². The lowest BCUT2D eigenvalue weighted by Gasteiger charge is -2.24. The topological polar surface area (TPSA) is 88.2 Å². The summed E-state index contributed by atoms with van der Waals surface area (Å²) in [5.74, 6) is -1.70. The standard InChI is InChI=1S/C26H33F4N5O2S2/c1-5-17(4)23(37-22-9-8-18(13-20(22)27)35-39(36)15-26(28,29)30)24(38-16(2)3)21-10-12-32-25(34-21)33-19-7-6-11-31-14-19/h8-10,12-13,17,19,31,35H,2,5-7,11,14-15H2,1,3-4H3,(H,32,33,34)/b24-23+. The van der Waals surface area contributed by atoms with Crippen LogP contribution in [-0.4, -0.2) is 45.2 Å². The Morgan fingerprint density at radius 1 is 1.36 bits per heavy atom. The van der Waals surface area contributed by atoms with Crippen molar-refractivity contribution in [2.24, 2.45) is 5.92 Å². The van der Waals surface area contributed by atoms with E-state index < -0.39 is 28.7 Å². The first-order chi connectivity index (χ1) is 18.4. The minimum atomic E-state index is -4.61. The van der Waals surface area contributed by atoms with E-state index in [0.717, 1.165) is 36.9 Å². The fourth-order valence-corrected chi connectivity index (χ4v) is 5.42. The maximum atomic E-state index is 15.0. The minimum absolute atomic E-state index is 0.0586. The zero-order valence-electron chi connectivity index (χ0n) is 22.0. The number of aromatic nitrogens is 2. The molecule has 3 rings (SSSR count). The maximum absolute atomic E-state index is 15.0. The van der Waals surface area contributed by atoms with Gasteiger partial charge in [-0.2, -0.15) is 13.2 Å². The first-order valence-electron chi connectivity index (χ1n) is 12.5. The summed E-state index contributed by atoms with van der Waals surface area (Å²) in [6.45, 7) is 11.6. The molecule has 1 aromatic carbocycles. The number of allylic oxidation sites excluding steroid dienone is 2. The largest absolute Gasteiger partial charge is 0.457 e. The van der Waals surface area contributed by atoms with E-state index in [0.29, 0.717) is 28.7 Å². The van der Waals surface area contributed by atoms with E-state index in [1.807, 2.05) is 20.8 Å². The Kier molecular flexibility index (Phi) is 11.2. The molecule has 1 fully saturated rings. The number of benzene rings is 1. The van der Waals surface area contributed by atoms with E-state index in [9.17, 15) is 17.4 Å². The van der Waals surface area contributed by atoms with Crippen molar-refractivity contribution in [1.29, 1.82) is 0 Å². The van der Waals surface area contributed by atoms with Gasteiger partial charge in [0.1, 0.15) is 22.5 Å². The molecule has 0 aliphatic carbocycles. The number of alkyl halides is 3. The molecule has 1 aliphatic rings. The van der Waals surface area contributed by atoms with Crippen LogP contribution in [0.3, 0.4) is 0 Å². The molecule has 2 heterocycles. The van der Waals surface area contributed by atoms with Crippen molar-refractivity contribution >= 4 is 39.3 Å². The molecule has 39 heavy (non-hydrogen) atoms. The van der Waals surface area contributed by atoms with Gasteiger partial charge in [0.2, 0.25) is 5.95 Å². The summed E-state index contributed by atoms with van der Waals surface area (Å²) < 4.78 is 72.5. The zero-order valence-corrected chi connectivity index (χ0v) is 23.7. The number of ether oxygens (including phenoxy) is 1. The summed E-state index contributed by atoms with van der Waals surface area (Å²) in [7, 11) is -2.45. The Morgan fingerprint density at radius 3 is 2.74 bits per heavy atom. The van der Waals surface area contributed by atoms with Gasteiger partial charge in [0, 0.05) is 36.5 Å². The molecule has 1 aromatic heterocycles. The highest BCUT2D eigenvalue weighted by molar-refractivity contribution is 8.11. The van der Waals surface area contributed by atoms with E-state index in [-0.39, 0.29) is 23.4 Å². The monoisotopic (exact) mass is 587 g/mol. The minimum Gasteiger partial charge on any atom is -0.457 e. The highest BCUT2D eigenvalue weighted by atomic mass is 32.2. The molecule has 0 radical (unpaired) electrons. The lowest BCUT2D eigenvalue weighted by Crippen LogP contribution is -2.38. The molecule has 0 spiro atoms. The van der Waals surface area contributed by atoms with Crippen molar-refractivity contribution in [3.63, 3.8) is 0 Å². The van der Waals surface area contributed by atoms with Crippen molar-refractivity contribution in [3.8, 4) is 5.75 Å². The van der Waals surface area contributed by atoms with Gasteiger partial charge in [-0.3, -0.25) is 0 Å².